The topological polar surface area (TPSA) is 87.2 Å². The third-order valence-corrected chi connectivity index (χ3v) is 4.44. The molecule has 1 aromatic heterocycles. The van der Waals surface area contributed by atoms with Crippen molar-refractivity contribution in [1.82, 2.24) is 15.1 Å². The molecule has 0 bridgehead atoms. The largest absolute Gasteiger partial charge is 0.325 e. The van der Waals surface area contributed by atoms with Gasteiger partial charge in [0.25, 0.3) is 5.91 Å². The van der Waals surface area contributed by atoms with Crippen molar-refractivity contribution in [2.75, 3.05) is 23.7 Å². The van der Waals surface area contributed by atoms with E-state index in [1.54, 1.807) is 29.2 Å². The average Bonchev–Trinajstić information content (AvgIpc) is 3.04. The van der Waals surface area contributed by atoms with Crippen LogP contribution in [0.1, 0.15) is 36.1 Å². The quantitative estimate of drug-likeness (QED) is 0.840. The molecule has 1 aromatic carbocycles. The summed E-state index contributed by atoms with van der Waals surface area (Å²) in [4.78, 5) is 26.3. The van der Waals surface area contributed by atoms with Gasteiger partial charge in [-0.25, -0.2) is 4.79 Å². The number of hydrogen-bond acceptors (Lipinski definition) is 5. The van der Waals surface area contributed by atoms with Crippen molar-refractivity contribution in [3.8, 4) is 0 Å². The predicted octanol–water partition coefficient (Wildman–Crippen LogP) is 3.23. The molecule has 2 N–H and O–H groups in total. The van der Waals surface area contributed by atoms with Crippen LogP contribution in [0.4, 0.5) is 15.6 Å². The van der Waals surface area contributed by atoms with E-state index in [1.165, 1.54) is 11.3 Å². The number of rotatable bonds is 6. The normalized spacial score (nSPS) is 10.3. The molecule has 0 radical (unpaired) electrons. The van der Waals surface area contributed by atoms with Gasteiger partial charge in [-0.1, -0.05) is 30.4 Å². The van der Waals surface area contributed by atoms with E-state index in [9.17, 15) is 9.59 Å². The lowest BCUT2D eigenvalue weighted by Crippen LogP contribution is -2.35. The van der Waals surface area contributed by atoms with E-state index >= 15 is 0 Å². The third-order valence-electron chi connectivity index (χ3n) is 3.45. The van der Waals surface area contributed by atoms with E-state index in [2.05, 4.69) is 20.8 Å². The Morgan fingerprint density at radius 1 is 1.08 bits per heavy atom. The Labute approximate surface area is 145 Å². The highest BCUT2D eigenvalue weighted by atomic mass is 32.1. The number of amides is 3. The minimum Gasteiger partial charge on any atom is -0.325 e. The molecule has 0 aliphatic carbocycles. The van der Waals surface area contributed by atoms with Gasteiger partial charge in [0.2, 0.25) is 5.13 Å². The Balaban J connectivity index is 2.15. The summed E-state index contributed by atoms with van der Waals surface area (Å²) in [5, 5.41) is 14.7. The summed E-state index contributed by atoms with van der Waals surface area (Å²) >= 11 is 1.34. The lowest BCUT2D eigenvalue weighted by molar-refractivity contribution is 0.102. The zero-order chi connectivity index (χ0) is 17.5. The average molecular weight is 347 g/mol. The number of hydrogen-bond donors (Lipinski definition) is 2. The highest BCUT2D eigenvalue weighted by Gasteiger charge is 2.16. The number of urea groups is 1. The number of aromatic nitrogens is 2. The highest BCUT2D eigenvalue weighted by Crippen LogP contribution is 2.20. The maximum atomic E-state index is 12.5. The smallest absolute Gasteiger partial charge is 0.321 e. The molecule has 0 spiro atoms. The van der Waals surface area contributed by atoms with Gasteiger partial charge in [-0.3, -0.25) is 10.1 Å². The van der Waals surface area contributed by atoms with Crippen LogP contribution in [-0.2, 0) is 6.42 Å². The first-order chi connectivity index (χ1) is 11.6. The van der Waals surface area contributed by atoms with Crippen molar-refractivity contribution in [1.29, 1.82) is 0 Å². The minimum atomic E-state index is -0.329. The Bertz CT molecular complexity index is 712. The van der Waals surface area contributed by atoms with E-state index in [0.29, 0.717) is 29.5 Å². The van der Waals surface area contributed by atoms with Crippen LogP contribution < -0.4 is 10.6 Å². The van der Waals surface area contributed by atoms with E-state index in [0.717, 1.165) is 11.4 Å². The summed E-state index contributed by atoms with van der Waals surface area (Å²) in [6.45, 7) is 6.98. The van der Waals surface area contributed by atoms with Crippen LogP contribution in [0.25, 0.3) is 0 Å². The number of para-hydroxylation sites is 1. The minimum absolute atomic E-state index is 0.232. The molecule has 128 valence electrons. The number of carbonyl (C=O) groups is 2. The SMILES string of the molecule is CCc1nnc(NC(=O)c2ccccc2NC(=O)N(CC)CC)s1. The lowest BCUT2D eigenvalue weighted by Gasteiger charge is -2.20. The van der Waals surface area contributed by atoms with Crippen molar-refractivity contribution in [2.24, 2.45) is 0 Å². The lowest BCUT2D eigenvalue weighted by atomic mass is 10.1. The summed E-state index contributed by atoms with van der Waals surface area (Å²) < 4.78 is 0. The first-order valence-corrected chi connectivity index (χ1v) is 8.69. The van der Waals surface area contributed by atoms with Gasteiger partial charge in [0.05, 0.1) is 11.3 Å². The molecule has 0 atom stereocenters. The van der Waals surface area contributed by atoms with Crippen molar-refractivity contribution in [3.63, 3.8) is 0 Å². The zero-order valence-corrected chi connectivity index (χ0v) is 14.8. The number of aryl methyl sites for hydroxylation is 1. The second-order valence-corrected chi connectivity index (χ2v) is 6.02. The van der Waals surface area contributed by atoms with Gasteiger partial charge in [0, 0.05) is 13.1 Å². The van der Waals surface area contributed by atoms with Gasteiger partial charge >= 0.3 is 6.03 Å². The van der Waals surface area contributed by atoms with Crippen molar-refractivity contribution < 1.29 is 9.59 Å². The number of benzene rings is 1. The predicted molar refractivity (Wildman–Crippen MR) is 95.6 cm³/mol. The molecule has 1 heterocycles. The number of anilines is 2. The van der Waals surface area contributed by atoms with Crippen LogP contribution in [0, 0.1) is 0 Å². The van der Waals surface area contributed by atoms with Crippen LogP contribution in [-0.4, -0.2) is 40.1 Å². The number of nitrogens with one attached hydrogen (secondary N) is 2. The molecule has 2 aromatic rings. The highest BCUT2D eigenvalue weighted by molar-refractivity contribution is 7.15. The van der Waals surface area contributed by atoms with E-state index in [1.807, 2.05) is 20.8 Å². The summed E-state index contributed by atoms with van der Waals surface area (Å²) in [7, 11) is 0. The summed E-state index contributed by atoms with van der Waals surface area (Å²) in [5.41, 5.74) is 0.846. The summed E-state index contributed by atoms with van der Waals surface area (Å²) in [6, 6.07) is 6.65. The maximum absolute atomic E-state index is 12.5. The molecular weight excluding hydrogens is 326 g/mol. The fourth-order valence-electron chi connectivity index (χ4n) is 2.11. The van der Waals surface area contributed by atoms with Crippen LogP contribution in [0.2, 0.25) is 0 Å². The fourth-order valence-corrected chi connectivity index (χ4v) is 2.78. The monoisotopic (exact) mass is 347 g/mol. The van der Waals surface area contributed by atoms with Gasteiger partial charge in [-0.15, -0.1) is 10.2 Å². The van der Waals surface area contributed by atoms with Crippen LogP contribution in [0.5, 0.6) is 0 Å². The molecule has 2 rings (SSSR count). The maximum Gasteiger partial charge on any atom is 0.321 e. The van der Waals surface area contributed by atoms with Crippen molar-refractivity contribution >= 4 is 34.1 Å². The van der Waals surface area contributed by atoms with E-state index in [4.69, 9.17) is 0 Å². The molecule has 7 nitrogen and oxygen atoms in total. The van der Waals surface area contributed by atoms with Gasteiger partial charge in [0.15, 0.2) is 0 Å². The van der Waals surface area contributed by atoms with Gasteiger partial charge in [-0.2, -0.15) is 0 Å². The molecule has 8 heteroatoms. The first-order valence-electron chi connectivity index (χ1n) is 7.87. The Morgan fingerprint density at radius 3 is 2.42 bits per heavy atom. The van der Waals surface area contributed by atoms with Crippen LogP contribution in [0.3, 0.4) is 0 Å². The van der Waals surface area contributed by atoms with Crippen molar-refractivity contribution in [2.45, 2.75) is 27.2 Å². The molecule has 0 saturated carbocycles. The number of carbonyl (C=O) groups excluding carboxylic acids is 2. The molecule has 0 aliphatic rings. The molecule has 0 aliphatic heterocycles. The number of nitrogens with zero attached hydrogens (tertiary/aromatic N) is 3. The molecule has 0 fully saturated rings. The second-order valence-electron chi connectivity index (χ2n) is 4.96. The molecule has 0 saturated heterocycles. The summed E-state index contributed by atoms with van der Waals surface area (Å²) in [5.74, 6) is -0.329. The van der Waals surface area contributed by atoms with E-state index in [-0.39, 0.29) is 11.9 Å². The van der Waals surface area contributed by atoms with Crippen LogP contribution in [0.15, 0.2) is 24.3 Å². The first kappa shape index (κ1) is 17.9. The Hall–Kier alpha value is -2.48. The Morgan fingerprint density at radius 2 is 1.79 bits per heavy atom. The van der Waals surface area contributed by atoms with Gasteiger partial charge in [-0.05, 0) is 32.4 Å². The molecule has 0 unspecified atom stereocenters. The van der Waals surface area contributed by atoms with Crippen molar-refractivity contribution in [3.05, 3.63) is 34.8 Å². The molecule has 24 heavy (non-hydrogen) atoms. The zero-order valence-electron chi connectivity index (χ0n) is 14.0. The van der Waals surface area contributed by atoms with E-state index < -0.39 is 0 Å². The summed E-state index contributed by atoms with van der Waals surface area (Å²) in [6.07, 6.45) is 0.768. The molecule has 3 amide bonds. The Kier molecular flexibility index (Phi) is 6.25. The molecular formula is C16H21N5O2S. The second kappa shape index (κ2) is 8.39. The van der Waals surface area contributed by atoms with Gasteiger partial charge in [0.1, 0.15) is 5.01 Å². The fraction of sp³-hybridized carbons (Fsp3) is 0.375. The van der Waals surface area contributed by atoms with Gasteiger partial charge < -0.3 is 10.2 Å². The third kappa shape index (κ3) is 4.29. The van der Waals surface area contributed by atoms with Crippen LogP contribution >= 0.6 is 11.3 Å². The standard InChI is InChI=1S/C16H21N5O2S/c1-4-13-19-20-15(24-13)18-14(22)11-9-7-8-10-12(11)17-16(23)21(5-2)6-3/h7-10H,4-6H2,1-3H3,(H,17,23)(H,18,20,22).